The highest BCUT2D eigenvalue weighted by atomic mass is 35.5. The van der Waals surface area contributed by atoms with Gasteiger partial charge in [-0.1, -0.05) is 35.9 Å². The van der Waals surface area contributed by atoms with Crippen LogP contribution in [0.2, 0.25) is 16.7 Å². The number of fused-ring (bicyclic) bond motifs is 1. The van der Waals surface area contributed by atoms with Gasteiger partial charge in [-0.15, -0.1) is 0 Å². The smallest absolute Gasteiger partial charge is 0.349 e. The number of nitrogens with one attached hydrogen (secondary N) is 1. The molecule has 3 atom stereocenters. The summed E-state index contributed by atoms with van der Waals surface area (Å²) >= 11 is 5.78. The third kappa shape index (κ3) is 4.28. The Kier molecular flexibility index (Phi) is 6.92. The first-order valence-electron chi connectivity index (χ1n) is 12.3. The third-order valence-electron chi connectivity index (χ3n) is 8.20. The topological polar surface area (TPSA) is 86.8 Å². The van der Waals surface area contributed by atoms with Gasteiger partial charge in [0, 0.05) is 33.8 Å². The number of rotatable bonds is 5. The van der Waals surface area contributed by atoms with Crippen LogP contribution in [0.15, 0.2) is 42.5 Å². The van der Waals surface area contributed by atoms with Gasteiger partial charge < -0.3 is 15.0 Å². The number of alkyl halides is 2. The average Bonchev–Trinajstić information content (AvgIpc) is 3.21. The Hall–Kier alpha value is -2.94. The standard InChI is InChI=1S/C22H24B6ClF2N3O4/c23-14-15(24)20(25,19(38)34(28)17(14)36)33-8-9-7-11(3-6-13(9)16(33)35)22(26,27)32-18(37)21(30,31)10-1-4-12(29)5-2-10/h1-7,14-15H,8,23-28H2,(H,32,37). The Bertz CT molecular complexity index is 1370. The van der Waals surface area contributed by atoms with Crippen molar-refractivity contribution in [1.82, 2.24) is 15.0 Å². The van der Waals surface area contributed by atoms with Crippen LogP contribution in [0.3, 0.4) is 0 Å². The van der Waals surface area contributed by atoms with E-state index in [0.717, 1.165) is 16.9 Å². The quantitative estimate of drug-likeness (QED) is 0.323. The van der Waals surface area contributed by atoms with Crippen LogP contribution in [0.5, 0.6) is 0 Å². The van der Waals surface area contributed by atoms with Crippen molar-refractivity contribution in [2.75, 3.05) is 0 Å². The fourth-order valence-electron chi connectivity index (χ4n) is 5.31. The second kappa shape index (κ2) is 9.36. The Labute approximate surface area is 229 Å². The molecule has 4 amide bonds. The van der Waals surface area contributed by atoms with Gasteiger partial charge in [0.25, 0.3) is 11.8 Å². The number of hydrogen-bond acceptors (Lipinski definition) is 4. The molecule has 2 aromatic carbocycles. The van der Waals surface area contributed by atoms with Crippen LogP contribution in [0.25, 0.3) is 0 Å². The van der Waals surface area contributed by atoms with Crippen LogP contribution < -0.4 is 5.32 Å². The molecule has 1 fully saturated rings. The predicted octanol–water partition coefficient (Wildman–Crippen LogP) is -3.33. The van der Waals surface area contributed by atoms with Crippen molar-refractivity contribution in [3.63, 3.8) is 0 Å². The van der Waals surface area contributed by atoms with Crippen LogP contribution in [0.1, 0.15) is 27.0 Å². The van der Waals surface area contributed by atoms with E-state index in [4.69, 9.17) is 11.6 Å². The van der Waals surface area contributed by atoms with E-state index in [2.05, 4.69) is 5.32 Å². The molecule has 2 aliphatic heterocycles. The van der Waals surface area contributed by atoms with Gasteiger partial charge in [0.05, 0.1) is 5.44 Å². The lowest BCUT2D eigenvalue weighted by Gasteiger charge is -2.50. The van der Waals surface area contributed by atoms with Gasteiger partial charge in [-0.05, 0) is 35.1 Å². The monoisotopic (exact) mass is 533 g/mol. The van der Waals surface area contributed by atoms with E-state index in [0.29, 0.717) is 16.7 Å². The number of carbonyl (C=O) groups excluding carboxylic acids is 4. The Morgan fingerprint density at radius 3 is 2.24 bits per heavy atom. The Morgan fingerprint density at radius 1 is 1.05 bits per heavy atom. The normalized spacial score (nSPS) is 23.9. The number of hydrogen-bond donors (Lipinski definition) is 1. The molecule has 38 heavy (non-hydrogen) atoms. The molecule has 0 aromatic heterocycles. The molecule has 0 bridgehead atoms. The summed E-state index contributed by atoms with van der Waals surface area (Å²) < 4.78 is 29.8. The van der Waals surface area contributed by atoms with Gasteiger partial charge in [-0.3, -0.25) is 19.2 Å². The number of amides is 4. The number of halogens is 3. The molecule has 1 N–H and O–H groups in total. The predicted molar refractivity (Wildman–Crippen MR) is 155 cm³/mol. The summed E-state index contributed by atoms with van der Waals surface area (Å²) in [6, 6.07) is 9.66. The second-order valence-electron chi connectivity index (χ2n) is 10.9. The molecule has 0 aliphatic carbocycles. The number of carbonyl (C=O) groups is 4. The van der Waals surface area contributed by atoms with Crippen LogP contribution in [0, 0.1) is 0 Å². The van der Waals surface area contributed by atoms with Gasteiger partial charge in [0.15, 0.2) is 0 Å². The van der Waals surface area contributed by atoms with Crippen molar-refractivity contribution in [3.8, 4) is 0 Å². The fraction of sp³-hybridized carbons (Fsp3) is 0.273. The zero-order valence-electron chi connectivity index (χ0n) is 22.1. The largest absolute Gasteiger partial charge is 0.357 e. The molecule has 2 aromatic rings. The summed E-state index contributed by atoms with van der Waals surface area (Å²) in [5.74, 6) is -7.25. The summed E-state index contributed by atoms with van der Waals surface area (Å²) in [5, 5.41) is 1.49. The third-order valence-corrected chi connectivity index (χ3v) is 8.46. The van der Waals surface area contributed by atoms with Crippen LogP contribution in [-0.2, 0) is 32.2 Å². The molecular formula is C22H24B6ClF2N3O4. The Balaban J connectivity index is 1.60. The van der Waals surface area contributed by atoms with Gasteiger partial charge in [-0.2, -0.15) is 8.78 Å². The Morgan fingerprint density at radius 2 is 1.63 bits per heavy atom. The minimum Gasteiger partial charge on any atom is -0.357 e. The van der Waals surface area contributed by atoms with E-state index in [1.54, 1.807) is 57.4 Å². The zero-order chi connectivity index (χ0) is 28.4. The van der Waals surface area contributed by atoms with Crippen molar-refractivity contribution in [3.05, 3.63) is 69.7 Å². The van der Waals surface area contributed by atoms with Gasteiger partial charge in [0.2, 0.25) is 19.8 Å². The molecule has 4 rings (SSSR count). The van der Waals surface area contributed by atoms with E-state index in [1.165, 1.54) is 25.0 Å². The van der Waals surface area contributed by atoms with E-state index in [9.17, 15) is 28.0 Å². The fourth-order valence-corrected chi connectivity index (χ4v) is 5.44. The highest BCUT2D eigenvalue weighted by Crippen LogP contribution is 2.43. The maximum absolute atomic E-state index is 14.9. The molecule has 16 heteroatoms. The minimum atomic E-state index is -3.79. The van der Waals surface area contributed by atoms with Crippen LogP contribution in [-0.4, -0.2) is 86.0 Å². The summed E-state index contributed by atoms with van der Waals surface area (Å²) in [5.41, 5.74) is -0.228. The molecular weight excluding hydrogens is 509 g/mol. The van der Waals surface area contributed by atoms with E-state index < -0.39 is 45.7 Å². The first-order chi connectivity index (χ1) is 17.5. The molecule has 3 unspecified atom stereocenters. The number of piperidine rings is 1. The molecule has 1 saturated heterocycles. The molecule has 7 nitrogen and oxygen atoms in total. The van der Waals surface area contributed by atoms with Gasteiger partial charge >= 0.3 is 5.92 Å². The lowest BCUT2D eigenvalue weighted by atomic mass is 9.48. The second-order valence-corrected chi connectivity index (χ2v) is 11.3. The van der Waals surface area contributed by atoms with Crippen molar-refractivity contribution >= 4 is 82.4 Å². The van der Waals surface area contributed by atoms with Crippen molar-refractivity contribution < 1.29 is 28.0 Å². The maximum atomic E-state index is 14.9. The summed E-state index contributed by atoms with van der Waals surface area (Å²) in [7, 11) is 9.81. The van der Waals surface area contributed by atoms with Crippen LogP contribution in [0.4, 0.5) is 8.78 Å². The molecule has 2 heterocycles. The molecule has 2 aliphatic rings. The number of nitrogens with zero attached hydrogens (tertiary/aromatic N) is 2. The molecule has 0 radical (unpaired) electrons. The molecule has 0 saturated carbocycles. The highest BCUT2D eigenvalue weighted by molar-refractivity contribution is 6.47. The first kappa shape index (κ1) is 28.1. The summed E-state index contributed by atoms with van der Waals surface area (Å²) in [4.78, 5) is 54.4. The minimum absolute atomic E-state index is 0.105. The van der Waals surface area contributed by atoms with Crippen molar-refractivity contribution in [1.29, 1.82) is 0 Å². The lowest BCUT2D eigenvalue weighted by molar-refractivity contribution is -0.148. The first-order valence-corrected chi connectivity index (χ1v) is 12.6. The maximum Gasteiger partial charge on any atom is 0.349 e. The molecule has 0 spiro atoms. The average molecular weight is 533 g/mol. The van der Waals surface area contributed by atoms with Gasteiger partial charge in [0.1, 0.15) is 39.2 Å². The lowest BCUT2D eigenvalue weighted by Crippen LogP contribution is -2.68. The number of imide groups is 1. The van der Waals surface area contributed by atoms with Crippen molar-refractivity contribution in [2.45, 2.75) is 34.9 Å². The highest BCUT2D eigenvalue weighted by Gasteiger charge is 2.56. The SMILES string of the molecule is BC1C(=O)N(B)C(=O)C(B)(N2Cc3cc(C(B)(B)NC(=O)C(F)(F)c4ccc(Cl)cc4)ccc3C2=O)C1B. The summed E-state index contributed by atoms with van der Waals surface area (Å²) in [6.07, 6.45) is 0. The van der Waals surface area contributed by atoms with E-state index in [-0.39, 0.29) is 23.4 Å². The summed E-state index contributed by atoms with van der Waals surface area (Å²) in [6.45, 7) is 0.105. The van der Waals surface area contributed by atoms with Crippen LogP contribution >= 0.6 is 11.6 Å². The zero-order valence-corrected chi connectivity index (χ0v) is 22.8. The van der Waals surface area contributed by atoms with Crippen molar-refractivity contribution in [2.24, 2.45) is 0 Å². The number of benzene rings is 2. The molecule has 190 valence electrons. The van der Waals surface area contributed by atoms with E-state index in [1.807, 2.05) is 0 Å². The van der Waals surface area contributed by atoms with Gasteiger partial charge in [-0.25, -0.2) is 0 Å². The van der Waals surface area contributed by atoms with E-state index >= 15 is 0 Å².